The molecule has 0 aliphatic carbocycles. The summed E-state index contributed by atoms with van der Waals surface area (Å²) in [5, 5.41) is 5.31. The lowest BCUT2D eigenvalue weighted by molar-refractivity contribution is -0.137. The smallest absolute Gasteiger partial charge is 0.416 e. The molecule has 0 aromatic heterocycles. The predicted molar refractivity (Wildman–Crippen MR) is 90.7 cm³/mol. The van der Waals surface area contributed by atoms with Crippen LogP contribution < -0.4 is 15.4 Å². The Morgan fingerprint density at radius 2 is 1.84 bits per heavy atom. The van der Waals surface area contributed by atoms with E-state index in [1.807, 2.05) is 0 Å². The van der Waals surface area contributed by atoms with Gasteiger partial charge >= 0.3 is 6.18 Å². The molecule has 0 aliphatic rings. The molecule has 0 unspecified atom stereocenters. The molecule has 0 spiro atoms. The molecule has 0 saturated carbocycles. The molecule has 0 fully saturated rings. The van der Waals surface area contributed by atoms with Gasteiger partial charge in [0.1, 0.15) is 12.4 Å². The average Bonchev–Trinajstić information content (AvgIpc) is 2.58. The first-order valence-corrected chi connectivity index (χ1v) is 7.43. The number of hydrogen-bond donors (Lipinski definition) is 2. The number of carbonyl (C=O) groups is 1. The van der Waals surface area contributed by atoms with Crippen LogP contribution in [-0.2, 0) is 11.0 Å². The van der Waals surface area contributed by atoms with E-state index in [-0.39, 0.29) is 12.2 Å². The monoisotopic (exact) mass is 350 g/mol. The third-order valence-electron chi connectivity index (χ3n) is 3.15. The highest BCUT2D eigenvalue weighted by Crippen LogP contribution is 2.30. The zero-order valence-corrected chi connectivity index (χ0v) is 13.3. The normalized spacial score (nSPS) is 10.8. The summed E-state index contributed by atoms with van der Waals surface area (Å²) in [4.78, 5) is 11.9. The number of amides is 1. The summed E-state index contributed by atoms with van der Waals surface area (Å²) >= 11 is 0. The quantitative estimate of drug-likeness (QED) is 0.731. The van der Waals surface area contributed by atoms with Crippen LogP contribution >= 0.6 is 0 Å². The second-order valence-corrected chi connectivity index (χ2v) is 5.10. The summed E-state index contributed by atoms with van der Waals surface area (Å²) in [5.41, 5.74) is -0.0340. The van der Waals surface area contributed by atoms with Gasteiger partial charge in [-0.3, -0.25) is 4.79 Å². The minimum absolute atomic E-state index is 0.0803. The fourth-order valence-electron chi connectivity index (χ4n) is 1.98. The number of carbonyl (C=O) groups excluding carboxylic acids is 1. The Bertz CT molecular complexity index is 728. The SMILES string of the molecule is C=CCOc1ccc(NCC(=O)Nc2cccc(C(F)(F)F)c2)cc1. The Labute approximate surface area is 143 Å². The lowest BCUT2D eigenvalue weighted by Gasteiger charge is -2.11. The number of rotatable bonds is 7. The number of anilines is 2. The molecule has 0 atom stereocenters. The van der Waals surface area contributed by atoms with Gasteiger partial charge in [0.15, 0.2) is 0 Å². The number of benzene rings is 2. The fourth-order valence-corrected chi connectivity index (χ4v) is 1.98. The van der Waals surface area contributed by atoms with Gasteiger partial charge in [-0.25, -0.2) is 0 Å². The maximum absolute atomic E-state index is 12.6. The van der Waals surface area contributed by atoms with Gasteiger partial charge in [-0.05, 0) is 42.5 Å². The van der Waals surface area contributed by atoms with Gasteiger partial charge < -0.3 is 15.4 Å². The van der Waals surface area contributed by atoms with Crippen LogP contribution in [0, 0.1) is 0 Å². The van der Waals surface area contributed by atoms with Crippen molar-refractivity contribution in [2.75, 3.05) is 23.8 Å². The second-order valence-electron chi connectivity index (χ2n) is 5.10. The maximum Gasteiger partial charge on any atom is 0.416 e. The Hall–Kier alpha value is -2.96. The van der Waals surface area contributed by atoms with E-state index >= 15 is 0 Å². The maximum atomic E-state index is 12.6. The molecule has 2 aromatic carbocycles. The van der Waals surface area contributed by atoms with Crippen LogP contribution in [0.15, 0.2) is 61.2 Å². The number of alkyl halides is 3. The van der Waals surface area contributed by atoms with E-state index < -0.39 is 17.6 Å². The lowest BCUT2D eigenvalue weighted by atomic mass is 10.2. The average molecular weight is 350 g/mol. The largest absolute Gasteiger partial charge is 0.490 e. The van der Waals surface area contributed by atoms with Gasteiger partial charge in [-0.15, -0.1) is 0 Å². The van der Waals surface area contributed by atoms with Gasteiger partial charge in [0.05, 0.1) is 12.1 Å². The number of hydrogen-bond acceptors (Lipinski definition) is 3. The second kappa shape index (κ2) is 8.23. The van der Waals surface area contributed by atoms with E-state index in [1.54, 1.807) is 30.3 Å². The van der Waals surface area contributed by atoms with Crippen LogP contribution in [-0.4, -0.2) is 19.1 Å². The number of nitrogens with one attached hydrogen (secondary N) is 2. The molecule has 0 heterocycles. The van der Waals surface area contributed by atoms with Gasteiger partial charge in [-0.1, -0.05) is 18.7 Å². The number of halogens is 3. The van der Waals surface area contributed by atoms with Crippen molar-refractivity contribution in [1.29, 1.82) is 0 Å². The molecular weight excluding hydrogens is 333 g/mol. The molecule has 0 bridgehead atoms. The van der Waals surface area contributed by atoms with E-state index in [9.17, 15) is 18.0 Å². The third-order valence-corrected chi connectivity index (χ3v) is 3.15. The highest BCUT2D eigenvalue weighted by atomic mass is 19.4. The first-order valence-electron chi connectivity index (χ1n) is 7.43. The van der Waals surface area contributed by atoms with Crippen molar-refractivity contribution in [2.24, 2.45) is 0 Å². The molecular formula is C18H17F3N2O2. The molecule has 2 rings (SSSR count). The Balaban J connectivity index is 1.87. The molecule has 1 amide bonds. The Morgan fingerprint density at radius 1 is 1.12 bits per heavy atom. The van der Waals surface area contributed by atoms with Crippen molar-refractivity contribution in [1.82, 2.24) is 0 Å². The summed E-state index contributed by atoms with van der Waals surface area (Å²) < 4.78 is 43.3. The minimum atomic E-state index is -4.45. The topological polar surface area (TPSA) is 50.4 Å². The highest BCUT2D eigenvalue weighted by Gasteiger charge is 2.30. The van der Waals surface area contributed by atoms with Gasteiger partial charge in [0.2, 0.25) is 5.91 Å². The minimum Gasteiger partial charge on any atom is -0.490 e. The van der Waals surface area contributed by atoms with Crippen LogP contribution in [0.1, 0.15) is 5.56 Å². The fraction of sp³-hybridized carbons (Fsp3) is 0.167. The van der Waals surface area contributed by atoms with Crippen molar-refractivity contribution in [3.05, 3.63) is 66.7 Å². The third kappa shape index (κ3) is 5.87. The summed E-state index contributed by atoms with van der Waals surface area (Å²) in [6.07, 6.45) is -2.82. The van der Waals surface area contributed by atoms with E-state index in [4.69, 9.17) is 4.74 Å². The molecule has 4 nitrogen and oxygen atoms in total. The molecule has 2 N–H and O–H groups in total. The molecule has 2 aromatic rings. The van der Waals surface area contributed by atoms with Gasteiger partial charge in [-0.2, -0.15) is 13.2 Å². The summed E-state index contributed by atoms with van der Waals surface area (Å²) in [5.74, 6) is 0.213. The predicted octanol–water partition coefficient (Wildman–Crippen LogP) is 4.32. The molecule has 0 aliphatic heterocycles. The molecule has 0 radical (unpaired) electrons. The highest BCUT2D eigenvalue weighted by molar-refractivity contribution is 5.93. The molecule has 132 valence electrons. The Morgan fingerprint density at radius 3 is 2.48 bits per heavy atom. The van der Waals surface area contributed by atoms with E-state index in [0.29, 0.717) is 18.0 Å². The van der Waals surface area contributed by atoms with Crippen LogP contribution in [0.2, 0.25) is 0 Å². The Kier molecular flexibility index (Phi) is 6.05. The van der Waals surface area contributed by atoms with Crippen LogP contribution in [0.5, 0.6) is 5.75 Å². The van der Waals surface area contributed by atoms with Crippen molar-refractivity contribution in [3.63, 3.8) is 0 Å². The van der Waals surface area contributed by atoms with Crippen molar-refractivity contribution in [3.8, 4) is 5.75 Å². The first-order chi connectivity index (χ1) is 11.9. The number of ether oxygens (including phenoxy) is 1. The molecule has 25 heavy (non-hydrogen) atoms. The molecule has 7 heteroatoms. The zero-order valence-electron chi connectivity index (χ0n) is 13.3. The van der Waals surface area contributed by atoms with Crippen LogP contribution in [0.25, 0.3) is 0 Å². The van der Waals surface area contributed by atoms with E-state index in [2.05, 4.69) is 17.2 Å². The van der Waals surface area contributed by atoms with Gasteiger partial charge in [0.25, 0.3) is 0 Å². The van der Waals surface area contributed by atoms with Gasteiger partial charge in [0, 0.05) is 11.4 Å². The summed E-state index contributed by atoms with van der Waals surface area (Å²) in [6, 6.07) is 11.4. The van der Waals surface area contributed by atoms with Crippen molar-refractivity contribution >= 4 is 17.3 Å². The van der Waals surface area contributed by atoms with E-state index in [1.165, 1.54) is 12.1 Å². The van der Waals surface area contributed by atoms with Crippen molar-refractivity contribution < 1.29 is 22.7 Å². The standard InChI is InChI=1S/C18H17F3N2O2/c1-2-10-25-16-8-6-14(7-9-16)22-12-17(24)23-15-5-3-4-13(11-15)18(19,20)21/h2-9,11,22H,1,10,12H2,(H,23,24). The zero-order chi connectivity index (χ0) is 18.3. The molecule has 0 saturated heterocycles. The summed E-state index contributed by atoms with van der Waals surface area (Å²) in [7, 11) is 0. The lowest BCUT2D eigenvalue weighted by Crippen LogP contribution is -2.22. The summed E-state index contributed by atoms with van der Waals surface area (Å²) in [6.45, 7) is 3.87. The van der Waals surface area contributed by atoms with Crippen LogP contribution in [0.4, 0.5) is 24.5 Å². The van der Waals surface area contributed by atoms with Crippen molar-refractivity contribution in [2.45, 2.75) is 6.18 Å². The van der Waals surface area contributed by atoms with E-state index in [0.717, 1.165) is 12.1 Å². The first kappa shape index (κ1) is 18.4. The van der Waals surface area contributed by atoms with Crippen LogP contribution in [0.3, 0.4) is 0 Å².